The van der Waals surface area contributed by atoms with Crippen LogP contribution >= 0.6 is 0 Å². The average Bonchev–Trinajstić information content (AvgIpc) is 2.49. The van der Waals surface area contributed by atoms with Gasteiger partial charge in [-0.25, -0.2) is 9.18 Å². The minimum atomic E-state index is -0.417. The zero-order chi connectivity index (χ0) is 15.0. The van der Waals surface area contributed by atoms with Crippen LogP contribution in [0.5, 0.6) is 0 Å². The molecule has 4 heteroatoms. The van der Waals surface area contributed by atoms with Crippen molar-refractivity contribution in [1.29, 1.82) is 0 Å². The smallest absolute Gasteiger partial charge is 0.339 e. The maximum Gasteiger partial charge on any atom is 0.339 e. The van der Waals surface area contributed by atoms with E-state index < -0.39 is 5.97 Å². The van der Waals surface area contributed by atoms with Crippen LogP contribution in [-0.4, -0.2) is 18.1 Å². The van der Waals surface area contributed by atoms with E-state index in [1.54, 1.807) is 18.2 Å². The van der Waals surface area contributed by atoms with Crippen molar-refractivity contribution in [3.63, 3.8) is 0 Å². The highest BCUT2D eigenvalue weighted by Gasteiger charge is 2.06. The van der Waals surface area contributed by atoms with Gasteiger partial charge >= 0.3 is 5.97 Å². The van der Waals surface area contributed by atoms with E-state index in [0.717, 1.165) is 11.3 Å². The summed E-state index contributed by atoms with van der Waals surface area (Å²) in [5.41, 5.74) is 2.02. The minimum Gasteiger partial charge on any atom is -0.465 e. The first-order valence-corrected chi connectivity index (χ1v) is 6.47. The first kappa shape index (κ1) is 15.8. The molecule has 0 saturated carbocycles. The molecule has 0 saturated heterocycles. The van der Waals surface area contributed by atoms with E-state index in [9.17, 15) is 9.18 Å². The second-order valence-electron chi connectivity index (χ2n) is 3.84. The van der Waals surface area contributed by atoms with Crippen LogP contribution in [0.4, 0.5) is 4.39 Å². The van der Waals surface area contributed by atoms with Crippen LogP contribution in [0.25, 0.3) is 0 Å². The van der Waals surface area contributed by atoms with Crippen molar-refractivity contribution in [2.75, 3.05) is 7.11 Å². The summed E-state index contributed by atoms with van der Waals surface area (Å²) in [5.74, 6) is -0.682. The molecule has 1 aromatic heterocycles. The molecule has 0 spiro atoms. The number of pyridine rings is 1. The van der Waals surface area contributed by atoms with Crippen molar-refractivity contribution in [3.8, 4) is 0 Å². The van der Waals surface area contributed by atoms with E-state index in [1.165, 1.54) is 25.4 Å². The molecule has 20 heavy (non-hydrogen) atoms. The number of carbonyl (C=O) groups excluding carboxylic acids is 1. The third kappa shape index (κ3) is 4.46. The molecule has 0 bridgehead atoms. The Labute approximate surface area is 118 Å². The number of hydrogen-bond acceptors (Lipinski definition) is 3. The van der Waals surface area contributed by atoms with E-state index in [2.05, 4.69) is 9.72 Å². The Morgan fingerprint density at radius 3 is 2.55 bits per heavy atom. The van der Waals surface area contributed by atoms with E-state index in [0.29, 0.717) is 12.0 Å². The Balaban J connectivity index is 0.000000956. The lowest BCUT2D eigenvalue weighted by Crippen LogP contribution is -2.02. The first-order chi connectivity index (χ1) is 9.69. The monoisotopic (exact) mass is 275 g/mol. The fourth-order valence-corrected chi connectivity index (χ4v) is 1.62. The molecule has 0 N–H and O–H groups in total. The Morgan fingerprint density at radius 2 is 2.00 bits per heavy atom. The van der Waals surface area contributed by atoms with Crippen molar-refractivity contribution >= 4 is 5.97 Å². The molecule has 3 nitrogen and oxygen atoms in total. The van der Waals surface area contributed by atoms with Gasteiger partial charge in [-0.15, -0.1) is 0 Å². The number of aromatic nitrogens is 1. The molecule has 106 valence electrons. The van der Waals surface area contributed by atoms with E-state index in [1.807, 2.05) is 19.9 Å². The number of esters is 1. The van der Waals surface area contributed by atoms with Gasteiger partial charge < -0.3 is 4.74 Å². The number of nitrogens with zero attached hydrogens (tertiary/aromatic N) is 1. The highest BCUT2D eigenvalue weighted by Crippen LogP contribution is 2.10. The van der Waals surface area contributed by atoms with Gasteiger partial charge in [-0.1, -0.05) is 26.0 Å². The van der Waals surface area contributed by atoms with Crippen molar-refractivity contribution in [1.82, 2.24) is 4.98 Å². The summed E-state index contributed by atoms with van der Waals surface area (Å²) in [7, 11) is 1.32. The number of hydrogen-bond donors (Lipinski definition) is 0. The summed E-state index contributed by atoms with van der Waals surface area (Å²) in [5, 5.41) is 0. The average molecular weight is 275 g/mol. The van der Waals surface area contributed by atoms with Gasteiger partial charge in [-0.05, 0) is 29.8 Å². The summed E-state index contributed by atoms with van der Waals surface area (Å²) in [6, 6.07) is 9.74. The van der Waals surface area contributed by atoms with Gasteiger partial charge in [-0.2, -0.15) is 0 Å². The summed E-state index contributed by atoms with van der Waals surface area (Å²) < 4.78 is 17.6. The van der Waals surface area contributed by atoms with Gasteiger partial charge in [0.15, 0.2) is 0 Å². The van der Waals surface area contributed by atoms with E-state index in [-0.39, 0.29) is 5.82 Å². The normalized spacial score (nSPS) is 9.40. The topological polar surface area (TPSA) is 39.2 Å². The van der Waals surface area contributed by atoms with Gasteiger partial charge in [0, 0.05) is 18.3 Å². The minimum absolute atomic E-state index is 0.265. The number of rotatable bonds is 3. The molecule has 2 aromatic rings. The summed E-state index contributed by atoms with van der Waals surface area (Å²) in [6.07, 6.45) is 1.99. The molecule has 1 heterocycles. The van der Waals surface area contributed by atoms with Gasteiger partial charge in [0.25, 0.3) is 0 Å². The summed E-state index contributed by atoms with van der Waals surface area (Å²) in [6.45, 7) is 4.00. The fourth-order valence-electron chi connectivity index (χ4n) is 1.62. The SMILES string of the molecule is CC.COC(=O)c1ccc(Cc2cccc(F)c2)nc1. The summed E-state index contributed by atoms with van der Waals surface area (Å²) in [4.78, 5) is 15.4. The van der Waals surface area contributed by atoms with Crippen LogP contribution in [0.1, 0.15) is 35.5 Å². The predicted molar refractivity (Wildman–Crippen MR) is 76.1 cm³/mol. The van der Waals surface area contributed by atoms with Crippen LogP contribution in [0.3, 0.4) is 0 Å². The van der Waals surface area contributed by atoms with Crippen LogP contribution in [0.2, 0.25) is 0 Å². The molecule has 0 aliphatic heterocycles. The van der Waals surface area contributed by atoms with Crippen molar-refractivity contribution in [2.45, 2.75) is 20.3 Å². The van der Waals surface area contributed by atoms with Crippen LogP contribution in [0.15, 0.2) is 42.6 Å². The molecule has 2 rings (SSSR count). The lowest BCUT2D eigenvalue weighted by Gasteiger charge is -2.03. The van der Waals surface area contributed by atoms with Crippen molar-refractivity contribution < 1.29 is 13.9 Å². The van der Waals surface area contributed by atoms with Gasteiger partial charge in [-0.3, -0.25) is 4.98 Å². The zero-order valence-electron chi connectivity index (χ0n) is 11.9. The van der Waals surface area contributed by atoms with Gasteiger partial charge in [0.05, 0.1) is 12.7 Å². The molecule has 0 radical (unpaired) electrons. The van der Waals surface area contributed by atoms with Crippen LogP contribution < -0.4 is 0 Å². The Hall–Kier alpha value is -2.23. The first-order valence-electron chi connectivity index (χ1n) is 6.47. The second kappa shape index (κ2) is 8.04. The van der Waals surface area contributed by atoms with Gasteiger partial charge in [0.1, 0.15) is 5.82 Å². The third-order valence-electron chi connectivity index (χ3n) is 2.52. The maximum atomic E-state index is 13.0. The number of ether oxygens (including phenoxy) is 1. The Morgan fingerprint density at radius 1 is 1.25 bits per heavy atom. The fraction of sp³-hybridized carbons (Fsp3) is 0.250. The quantitative estimate of drug-likeness (QED) is 0.803. The zero-order valence-corrected chi connectivity index (χ0v) is 11.9. The number of benzene rings is 1. The molecule has 0 amide bonds. The van der Waals surface area contributed by atoms with E-state index >= 15 is 0 Å². The largest absolute Gasteiger partial charge is 0.465 e. The predicted octanol–water partition coefficient (Wildman–Crippen LogP) is 3.62. The van der Waals surface area contributed by atoms with Crippen LogP contribution in [0, 0.1) is 5.82 Å². The maximum absolute atomic E-state index is 13.0. The lowest BCUT2D eigenvalue weighted by molar-refractivity contribution is 0.0600. The molecule has 0 aliphatic rings. The summed E-state index contributed by atoms with van der Waals surface area (Å²) >= 11 is 0. The van der Waals surface area contributed by atoms with Gasteiger partial charge in [0.2, 0.25) is 0 Å². The van der Waals surface area contributed by atoms with Crippen LogP contribution in [-0.2, 0) is 11.2 Å². The molecule has 0 unspecified atom stereocenters. The molecular formula is C16H18FNO2. The van der Waals surface area contributed by atoms with E-state index in [4.69, 9.17) is 0 Å². The third-order valence-corrected chi connectivity index (χ3v) is 2.52. The van der Waals surface area contributed by atoms with Crippen molar-refractivity contribution in [3.05, 3.63) is 65.2 Å². The highest BCUT2D eigenvalue weighted by molar-refractivity contribution is 5.88. The number of carbonyl (C=O) groups is 1. The molecular weight excluding hydrogens is 257 g/mol. The highest BCUT2D eigenvalue weighted by atomic mass is 19.1. The molecule has 0 fully saturated rings. The van der Waals surface area contributed by atoms with Crippen molar-refractivity contribution in [2.24, 2.45) is 0 Å². The number of methoxy groups -OCH3 is 1. The Bertz CT molecular complexity index is 553. The standard InChI is InChI=1S/C14H12FNO2.C2H6/c1-18-14(17)11-5-6-13(16-9-11)8-10-3-2-4-12(15)7-10;1-2/h2-7,9H,8H2,1H3;1-2H3. The second-order valence-corrected chi connectivity index (χ2v) is 3.84. The number of halogens is 1. The lowest BCUT2D eigenvalue weighted by atomic mass is 10.1. The molecule has 0 atom stereocenters. The Kier molecular flexibility index (Phi) is 6.37. The molecule has 1 aromatic carbocycles. The molecule has 0 aliphatic carbocycles.